The van der Waals surface area contributed by atoms with Crippen LogP contribution in [0.4, 0.5) is 4.39 Å². The number of benzene rings is 2. The van der Waals surface area contributed by atoms with E-state index >= 15 is 0 Å². The van der Waals surface area contributed by atoms with Crippen molar-refractivity contribution in [2.45, 2.75) is 18.9 Å². The maximum atomic E-state index is 13.8. The van der Waals surface area contributed by atoms with Crippen molar-refractivity contribution >= 4 is 15.9 Å². The molecule has 0 heterocycles. The van der Waals surface area contributed by atoms with Gasteiger partial charge in [-0.2, -0.15) is 0 Å². The molecule has 0 aromatic heterocycles. The second-order valence-corrected chi connectivity index (χ2v) is 5.60. The average Bonchev–Trinajstić information content (AvgIpc) is 2.74. The molecule has 18 heavy (non-hydrogen) atoms. The van der Waals surface area contributed by atoms with Crippen LogP contribution in [0.1, 0.15) is 23.6 Å². The summed E-state index contributed by atoms with van der Waals surface area (Å²) in [5.41, 5.74) is 10.0. The normalized spacial score (nSPS) is 17.8. The molecule has 1 aliphatic rings. The van der Waals surface area contributed by atoms with E-state index in [-0.39, 0.29) is 11.9 Å². The summed E-state index contributed by atoms with van der Waals surface area (Å²) in [6, 6.07) is 11.2. The minimum atomic E-state index is -0.194. The van der Waals surface area contributed by atoms with Gasteiger partial charge in [0.05, 0.1) is 0 Å². The Hall–Kier alpha value is -1.19. The molecule has 2 aromatic rings. The van der Waals surface area contributed by atoms with E-state index in [0.29, 0.717) is 5.56 Å². The van der Waals surface area contributed by atoms with Gasteiger partial charge < -0.3 is 5.73 Å². The van der Waals surface area contributed by atoms with Crippen LogP contribution >= 0.6 is 15.9 Å². The molecular formula is C15H13BrFN. The Bertz CT molecular complexity index is 609. The number of hydrogen-bond donors (Lipinski definition) is 1. The zero-order valence-electron chi connectivity index (χ0n) is 9.79. The van der Waals surface area contributed by atoms with Crippen LogP contribution in [0.3, 0.4) is 0 Å². The topological polar surface area (TPSA) is 26.0 Å². The van der Waals surface area contributed by atoms with Crippen LogP contribution in [0.2, 0.25) is 0 Å². The molecule has 1 nitrogen and oxygen atoms in total. The van der Waals surface area contributed by atoms with Crippen molar-refractivity contribution in [1.82, 2.24) is 0 Å². The molecule has 0 radical (unpaired) electrons. The Morgan fingerprint density at radius 2 is 2.00 bits per heavy atom. The highest BCUT2D eigenvalue weighted by atomic mass is 79.9. The lowest BCUT2D eigenvalue weighted by Gasteiger charge is -2.08. The van der Waals surface area contributed by atoms with Gasteiger partial charge in [0.15, 0.2) is 0 Å². The average molecular weight is 306 g/mol. The fraction of sp³-hybridized carbons (Fsp3) is 0.200. The third kappa shape index (κ3) is 1.98. The quantitative estimate of drug-likeness (QED) is 0.839. The van der Waals surface area contributed by atoms with E-state index in [1.807, 2.05) is 18.2 Å². The van der Waals surface area contributed by atoms with Gasteiger partial charge in [-0.1, -0.05) is 34.1 Å². The Morgan fingerprint density at radius 1 is 1.17 bits per heavy atom. The number of halogens is 2. The van der Waals surface area contributed by atoms with Gasteiger partial charge in [-0.05, 0) is 47.7 Å². The molecular weight excluding hydrogens is 293 g/mol. The van der Waals surface area contributed by atoms with Crippen molar-refractivity contribution in [2.24, 2.45) is 5.73 Å². The summed E-state index contributed by atoms with van der Waals surface area (Å²) < 4.78 is 14.7. The molecule has 92 valence electrons. The lowest BCUT2D eigenvalue weighted by atomic mass is 9.99. The van der Waals surface area contributed by atoms with Crippen LogP contribution in [0, 0.1) is 5.82 Å². The molecule has 0 saturated heterocycles. The first-order valence-corrected chi connectivity index (χ1v) is 6.78. The van der Waals surface area contributed by atoms with Gasteiger partial charge in [-0.25, -0.2) is 4.39 Å². The Balaban J connectivity index is 2.10. The monoisotopic (exact) mass is 305 g/mol. The van der Waals surface area contributed by atoms with Crippen molar-refractivity contribution in [3.63, 3.8) is 0 Å². The summed E-state index contributed by atoms with van der Waals surface area (Å²) in [7, 11) is 0. The maximum Gasteiger partial charge on any atom is 0.131 e. The molecule has 3 heteroatoms. The van der Waals surface area contributed by atoms with Gasteiger partial charge in [-0.3, -0.25) is 0 Å². The highest BCUT2D eigenvalue weighted by Crippen LogP contribution is 2.34. The molecule has 0 fully saturated rings. The Morgan fingerprint density at radius 3 is 2.83 bits per heavy atom. The first kappa shape index (κ1) is 11.9. The molecule has 2 aromatic carbocycles. The van der Waals surface area contributed by atoms with Crippen LogP contribution in [0.5, 0.6) is 0 Å². The van der Waals surface area contributed by atoms with Gasteiger partial charge in [0.1, 0.15) is 5.82 Å². The zero-order chi connectivity index (χ0) is 12.7. The Labute approximate surface area is 114 Å². The molecule has 0 saturated carbocycles. The van der Waals surface area contributed by atoms with Crippen molar-refractivity contribution in [1.29, 1.82) is 0 Å². The van der Waals surface area contributed by atoms with Crippen molar-refractivity contribution in [3.05, 3.63) is 57.8 Å². The summed E-state index contributed by atoms with van der Waals surface area (Å²) >= 11 is 3.38. The van der Waals surface area contributed by atoms with E-state index in [9.17, 15) is 4.39 Å². The predicted octanol–water partition coefficient (Wildman–Crippen LogP) is 4.20. The summed E-state index contributed by atoms with van der Waals surface area (Å²) in [5, 5.41) is 0. The lowest BCUT2D eigenvalue weighted by molar-refractivity contribution is 0.631. The van der Waals surface area contributed by atoms with Gasteiger partial charge in [0.2, 0.25) is 0 Å². The molecule has 0 spiro atoms. The summed E-state index contributed by atoms with van der Waals surface area (Å²) in [4.78, 5) is 0. The Kier molecular flexibility index (Phi) is 2.96. The fourth-order valence-electron chi connectivity index (χ4n) is 2.54. The number of rotatable bonds is 1. The minimum absolute atomic E-state index is 0.140. The van der Waals surface area contributed by atoms with Gasteiger partial charge in [0, 0.05) is 16.1 Å². The van der Waals surface area contributed by atoms with Gasteiger partial charge in [-0.15, -0.1) is 0 Å². The summed E-state index contributed by atoms with van der Waals surface area (Å²) in [6.45, 7) is 0. The minimum Gasteiger partial charge on any atom is -0.324 e. The van der Waals surface area contributed by atoms with E-state index in [4.69, 9.17) is 5.73 Å². The molecule has 0 aliphatic heterocycles. The highest BCUT2D eigenvalue weighted by Gasteiger charge is 2.19. The molecule has 1 aliphatic carbocycles. The van der Waals surface area contributed by atoms with Crippen LogP contribution in [-0.4, -0.2) is 0 Å². The van der Waals surface area contributed by atoms with Crippen LogP contribution in [0.25, 0.3) is 11.1 Å². The second kappa shape index (κ2) is 4.48. The third-order valence-corrected chi connectivity index (χ3v) is 4.00. The maximum absolute atomic E-state index is 13.8. The van der Waals surface area contributed by atoms with E-state index in [1.54, 1.807) is 6.07 Å². The van der Waals surface area contributed by atoms with Crippen molar-refractivity contribution < 1.29 is 4.39 Å². The van der Waals surface area contributed by atoms with Crippen LogP contribution in [0.15, 0.2) is 40.9 Å². The number of nitrogens with two attached hydrogens (primary N) is 1. The standard InChI is InChI=1S/C15H13BrFN/c16-11-3-5-14(17)13(8-11)10-1-4-12-9(7-10)2-6-15(12)18/h1,3-5,7-8,15H,2,6,18H2. The van der Waals surface area contributed by atoms with Crippen molar-refractivity contribution in [2.75, 3.05) is 0 Å². The molecule has 3 rings (SSSR count). The van der Waals surface area contributed by atoms with E-state index in [1.165, 1.54) is 17.2 Å². The first-order valence-electron chi connectivity index (χ1n) is 5.99. The summed E-state index contributed by atoms with van der Waals surface area (Å²) in [5.74, 6) is -0.194. The predicted molar refractivity (Wildman–Crippen MR) is 74.8 cm³/mol. The summed E-state index contributed by atoms with van der Waals surface area (Å²) in [6.07, 6.45) is 1.97. The zero-order valence-corrected chi connectivity index (χ0v) is 11.4. The first-order chi connectivity index (χ1) is 8.65. The molecule has 0 bridgehead atoms. The van der Waals surface area contributed by atoms with Crippen LogP contribution in [-0.2, 0) is 6.42 Å². The molecule has 1 atom stereocenters. The van der Waals surface area contributed by atoms with E-state index in [2.05, 4.69) is 22.0 Å². The number of hydrogen-bond acceptors (Lipinski definition) is 1. The third-order valence-electron chi connectivity index (χ3n) is 3.51. The fourth-order valence-corrected chi connectivity index (χ4v) is 2.90. The van der Waals surface area contributed by atoms with E-state index in [0.717, 1.165) is 22.9 Å². The number of fused-ring (bicyclic) bond motifs is 1. The molecule has 2 N–H and O–H groups in total. The highest BCUT2D eigenvalue weighted by molar-refractivity contribution is 9.10. The molecule has 0 amide bonds. The van der Waals surface area contributed by atoms with Gasteiger partial charge >= 0.3 is 0 Å². The van der Waals surface area contributed by atoms with Gasteiger partial charge in [0.25, 0.3) is 0 Å². The molecule has 1 unspecified atom stereocenters. The van der Waals surface area contributed by atoms with Crippen molar-refractivity contribution in [3.8, 4) is 11.1 Å². The SMILES string of the molecule is NC1CCc2cc(-c3cc(Br)ccc3F)ccc21. The van der Waals surface area contributed by atoms with Crippen LogP contribution < -0.4 is 5.73 Å². The smallest absolute Gasteiger partial charge is 0.131 e. The largest absolute Gasteiger partial charge is 0.324 e. The lowest BCUT2D eigenvalue weighted by Crippen LogP contribution is -2.04. The van der Waals surface area contributed by atoms with E-state index < -0.39 is 0 Å². The number of aryl methyl sites for hydroxylation is 1. The second-order valence-electron chi connectivity index (χ2n) is 4.68.